The summed E-state index contributed by atoms with van der Waals surface area (Å²) in [6.07, 6.45) is -5.22. The minimum absolute atomic E-state index is 0.113. The molecule has 1 heterocycles. The Bertz CT molecular complexity index is 608. The number of nitro groups is 1. The summed E-state index contributed by atoms with van der Waals surface area (Å²) >= 11 is 0. The largest absolute Gasteiger partial charge is 0.390 e. The Morgan fingerprint density at radius 1 is 1.42 bits per heavy atom. The van der Waals surface area contributed by atoms with Crippen LogP contribution in [0.4, 0.5) is 24.8 Å². The van der Waals surface area contributed by atoms with Gasteiger partial charge in [0, 0.05) is 18.7 Å². The van der Waals surface area contributed by atoms with Crippen molar-refractivity contribution in [2.24, 2.45) is 0 Å². The molecule has 2 rings (SSSR count). The van der Waals surface area contributed by atoms with Gasteiger partial charge in [-0.25, -0.2) is 4.98 Å². The van der Waals surface area contributed by atoms with E-state index in [9.17, 15) is 23.3 Å². The summed E-state index contributed by atoms with van der Waals surface area (Å²) in [5, 5.41) is 13.0. The monoisotopic (exact) mass is 274 g/mol. The lowest BCUT2D eigenvalue weighted by Gasteiger charge is -2.05. The third kappa shape index (κ3) is 3.33. The van der Waals surface area contributed by atoms with Crippen LogP contribution in [0.1, 0.15) is 6.42 Å². The van der Waals surface area contributed by atoms with E-state index < -0.39 is 17.5 Å². The number of H-pyrrole nitrogens is 1. The van der Waals surface area contributed by atoms with Crippen molar-refractivity contribution in [1.29, 1.82) is 0 Å². The first-order chi connectivity index (χ1) is 8.85. The third-order valence-corrected chi connectivity index (χ3v) is 2.38. The first kappa shape index (κ1) is 13.1. The zero-order valence-electron chi connectivity index (χ0n) is 9.49. The number of nitrogens with one attached hydrogen (secondary N) is 2. The number of nitrogens with zero attached hydrogens (tertiary/aromatic N) is 2. The second kappa shape index (κ2) is 4.75. The fraction of sp³-hybridized carbons (Fsp3) is 0.300. The lowest BCUT2D eigenvalue weighted by atomic mass is 10.3. The fourth-order valence-corrected chi connectivity index (χ4v) is 1.52. The summed E-state index contributed by atoms with van der Waals surface area (Å²) in [7, 11) is 0. The average Bonchev–Trinajstić information content (AvgIpc) is 2.68. The van der Waals surface area contributed by atoms with Gasteiger partial charge >= 0.3 is 6.18 Å². The lowest BCUT2D eigenvalue weighted by molar-refractivity contribution is -0.384. The first-order valence-corrected chi connectivity index (χ1v) is 5.30. The molecule has 0 unspecified atom stereocenters. The molecule has 6 nitrogen and oxygen atoms in total. The van der Waals surface area contributed by atoms with Crippen molar-refractivity contribution in [2.45, 2.75) is 12.6 Å². The van der Waals surface area contributed by atoms with E-state index in [4.69, 9.17) is 0 Å². The number of aromatic amines is 1. The summed E-state index contributed by atoms with van der Waals surface area (Å²) in [4.78, 5) is 16.7. The van der Waals surface area contributed by atoms with Gasteiger partial charge in [0.15, 0.2) is 0 Å². The van der Waals surface area contributed by atoms with E-state index in [0.717, 1.165) is 0 Å². The summed E-state index contributed by atoms with van der Waals surface area (Å²) in [6, 6.07) is 3.98. The van der Waals surface area contributed by atoms with Crippen LogP contribution in [0.3, 0.4) is 0 Å². The van der Waals surface area contributed by atoms with Crippen LogP contribution in [0.2, 0.25) is 0 Å². The van der Waals surface area contributed by atoms with Crippen molar-refractivity contribution in [2.75, 3.05) is 11.9 Å². The van der Waals surface area contributed by atoms with Crippen LogP contribution in [0.5, 0.6) is 0 Å². The highest BCUT2D eigenvalue weighted by Gasteiger charge is 2.26. The fourth-order valence-electron chi connectivity index (χ4n) is 1.52. The number of aromatic nitrogens is 2. The molecule has 0 fully saturated rings. The van der Waals surface area contributed by atoms with Crippen molar-refractivity contribution < 1.29 is 18.1 Å². The van der Waals surface area contributed by atoms with E-state index in [-0.39, 0.29) is 18.2 Å². The van der Waals surface area contributed by atoms with E-state index in [1.165, 1.54) is 18.2 Å². The molecule has 1 aromatic heterocycles. The molecule has 0 radical (unpaired) electrons. The van der Waals surface area contributed by atoms with E-state index in [2.05, 4.69) is 15.3 Å². The van der Waals surface area contributed by atoms with Gasteiger partial charge in [-0.15, -0.1) is 0 Å². The molecule has 102 valence electrons. The Labute approximate surface area is 104 Å². The van der Waals surface area contributed by atoms with E-state index >= 15 is 0 Å². The van der Waals surface area contributed by atoms with Gasteiger partial charge in [-0.2, -0.15) is 13.2 Å². The van der Waals surface area contributed by atoms with Gasteiger partial charge in [0.1, 0.15) is 0 Å². The summed E-state index contributed by atoms with van der Waals surface area (Å²) in [5.41, 5.74) is 0.724. The maximum Gasteiger partial charge on any atom is 0.390 e. The molecule has 2 N–H and O–H groups in total. The van der Waals surface area contributed by atoms with Gasteiger partial charge in [0.2, 0.25) is 5.95 Å². The van der Waals surface area contributed by atoms with Crippen molar-refractivity contribution >= 4 is 22.7 Å². The van der Waals surface area contributed by atoms with Crippen LogP contribution in [0.25, 0.3) is 11.0 Å². The number of halogens is 3. The Hall–Kier alpha value is -2.32. The number of alkyl halides is 3. The van der Waals surface area contributed by atoms with Crippen LogP contribution in [-0.2, 0) is 0 Å². The van der Waals surface area contributed by atoms with Gasteiger partial charge < -0.3 is 10.3 Å². The zero-order chi connectivity index (χ0) is 14.0. The Kier molecular flexibility index (Phi) is 3.28. The maximum absolute atomic E-state index is 12.0. The van der Waals surface area contributed by atoms with Crippen LogP contribution in [-0.4, -0.2) is 27.6 Å². The highest BCUT2D eigenvalue weighted by Crippen LogP contribution is 2.22. The number of non-ortho nitro benzene ring substituents is 1. The Balaban J connectivity index is 2.11. The third-order valence-electron chi connectivity index (χ3n) is 2.38. The van der Waals surface area contributed by atoms with Gasteiger partial charge in [0.25, 0.3) is 5.69 Å². The van der Waals surface area contributed by atoms with Gasteiger partial charge in [-0.1, -0.05) is 0 Å². The van der Waals surface area contributed by atoms with Gasteiger partial charge in [0.05, 0.1) is 22.4 Å². The molecule has 0 saturated heterocycles. The predicted molar refractivity (Wildman–Crippen MR) is 61.9 cm³/mol. The highest BCUT2D eigenvalue weighted by atomic mass is 19.4. The molecule has 0 aliphatic heterocycles. The second-order valence-corrected chi connectivity index (χ2v) is 3.84. The topological polar surface area (TPSA) is 83.8 Å². The highest BCUT2D eigenvalue weighted by molar-refractivity contribution is 5.79. The minimum atomic E-state index is -4.24. The van der Waals surface area contributed by atoms with Crippen molar-refractivity contribution in [1.82, 2.24) is 9.97 Å². The zero-order valence-corrected chi connectivity index (χ0v) is 9.49. The Morgan fingerprint density at radius 2 is 2.16 bits per heavy atom. The molecule has 2 aromatic rings. The van der Waals surface area contributed by atoms with Crippen LogP contribution in [0, 0.1) is 10.1 Å². The van der Waals surface area contributed by atoms with Crippen LogP contribution < -0.4 is 5.32 Å². The van der Waals surface area contributed by atoms with Gasteiger partial charge in [-0.3, -0.25) is 10.1 Å². The number of hydrogen-bond acceptors (Lipinski definition) is 4. The SMILES string of the molecule is O=[N+]([O-])c1ccc2nc(NCCC(F)(F)F)[nH]c2c1. The van der Waals surface area contributed by atoms with Crippen molar-refractivity contribution in [3.63, 3.8) is 0 Å². The van der Waals surface area contributed by atoms with E-state index in [1.807, 2.05) is 0 Å². The number of benzene rings is 1. The quantitative estimate of drug-likeness (QED) is 0.663. The predicted octanol–water partition coefficient (Wildman–Crippen LogP) is 2.84. The second-order valence-electron chi connectivity index (χ2n) is 3.84. The molecule has 0 aliphatic rings. The normalized spacial score (nSPS) is 11.7. The summed E-state index contributed by atoms with van der Waals surface area (Å²) in [6.45, 7) is -0.314. The molecule has 0 atom stereocenters. The number of imidazole rings is 1. The lowest BCUT2D eigenvalue weighted by Crippen LogP contribution is -2.15. The summed E-state index contributed by atoms with van der Waals surface area (Å²) in [5.74, 6) is 0.153. The first-order valence-electron chi connectivity index (χ1n) is 5.30. The molecule has 9 heteroatoms. The summed E-state index contributed by atoms with van der Waals surface area (Å²) < 4.78 is 35.9. The standard InChI is InChI=1S/C10H9F3N4O2/c11-10(12,13)3-4-14-9-15-7-2-1-6(17(18)19)5-8(7)16-9/h1-2,5H,3-4H2,(H2,14,15,16). The van der Waals surface area contributed by atoms with Crippen LogP contribution in [0.15, 0.2) is 18.2 Å². The van der Waals surface area contributed by atoms with Gasteiger partial charge in [-0.05, 0) is 6.07 Å². The molecule has 0 spiro atoms. The van der Waals surface area contributed by atoms with Crippen molar-refractivity contribution in [3.8, 4) is 0 Å². The number of fused-ring (bicyclic) bond motifs is 1. The van der Waals surface area contributed by atoms with Crippen LogP contribution >= 0.6 is 0 Å². The smallest absolute Gasteiger partial charge is 0.355 e. The van der Waals surface area contributed by atoms with Crippen molar-refractivity contribution in [3.05, 3.63) is 28.3 Å². The molecule has 0 aliphatic carbocycles. The van der Waals surface area contributed by atoms with E-state index in [0.29, 0.717) is 11.0 Å². The number of hydrogen-bond donors (Lipinski definition) is 2. The number of anilines is 1. The molecule has 1 aromatic carbocycles. The number of rotatable bonds is 4. The molecular weight excluding hydrogens is 265 g/mol. The molecule has 0 amide bonds. The van der Waals surface area contributed by atoms with E-state index in [1.54, 1.807) is 0 Å². The molecular formula is C10H9F3N4O2. The molecule has 19 heavy (non-hydrogen) atoms. The Morgan fingerprint density at radius 3 is 2.79 bits per heavy atom. The minimum Gasteiger partial charge on any atom is -0.355 e. The average molecular weight is 274 g/mol. The number of nitro benzene ring substituents is 1. The molecule has 0 saturated carbocycles. The maximum atomic E-state index is 12.0. The molecule has 0 bridgehead atoms.